The van der Waals surface area contributed by atoms with Crippen molar-refractivity contribution in [3.63, 3.8) is 0 Å². The molecule has 2 heterocycles. The van der Waals surface area contributed by atoms with E-state index >= 15 is 0 Å². The van der Waals surface area contributed by atoms with Crippen molar-refractivity contribution < 1.29 is 17.9 Å². The fourth-order valence-corrected chi connectivity index (χ4v) is 2.55. The minimum absolute atomic E-state index is 0.0791. The molecule has 0 fully saturated rings. The Kier molecular flexibility index (Phi) is 5.15. The molecule has 21 heavy (non-hydrogen) atoms. The van der Waals surface area contributed by atoms with Crippen molar-refractivity contribution in [1.29, 1.82) is 0 Å². The molecule has 10 heteroatoms. The number of imidazole rings is 1. The lowest BCUT2D eigenvalue weighted by Crippen LogP contribution is -2.10. The van der Waals surface area contributed by atoms with E-state index in [2.05, 4.69) is 15.0 Å². The van der Waals surface area contributed by atoms with Crippen LogP contribution in [0.3, 0.4) is 0 Å². The Morgan fingerprint density at radius 3 is 2.76 bits per heavy atom. The first-order valence-corrected chi connectivity index (χ1v) is 7.49. The third-order valence-corrected chi connectivity index (χ3v) is 3.57. The van der Waals surface area contributed by atoms with E-state index < -0.39 is 5.51 Å². The second-order valence-electron chi connectivity index (χ2n) is 3.97. The number of alkyl halides is 4. The minimum Gasteiger partial charge on any atom is -0.479 e. The smallest absolute Gasteiger partial charge is 0.441 e. The molecule has 0 spiro atoms. The van der Waals surface area contributed by atoms with E-state index in [1.54, 1.807) is 4.57 Å². The topological polar surface area (TPSA) is 52.8 Å². The van der Waals surface area contributed by atoms with E-state index in [1.165, 1.54) is 13.4 Å². The normalized spacial score (nSPS) is 12.0. The maximum Gasteiger partial charge on any atom is 0.441 e. The lowest BCUT2D eigenvalue weighted by atomic mass is 10.4. The summed E-state index contributed by atoms with van der Waals surface area (Å²) in [5, 5.41) is 0. The zero-order valence-corrected chi connectivity index (χ0v) is 12.6. The van der Waals surface area contributed by atoms with Gasteiger partial charge in [-0.15, -0.1) is 11.6 Å². The molecule has 0 atom stereocenters. The van der Waals surface area contributed by atoms with E-state index in [4.69, 9.17) is 16.3 Å². The van der Waals surface area contributed by atoms with Crippen LogP contribution in [-0.4, -0.2) is 43.8 Å². The van der Waals surface area contributed by atoms with Crippen LogP contribution in [0.1, 0.15) is 5.82 Å². The largest absolute Gasteiger partial charge is 0.479 e. The second kappa shape index (κ2) is 6.69. The quantitative estimate of drug-likeness (QED) is 0.757. The van der Waals surface area contributed by atoms with E-state index in [1.807, 2.05) is 0 Å². The SMILES string of the molecule is COc1ncnc2c1nc(CCCl)n2CCSC(F)(F)F. The second-order valence-corrected chi connectivity index (χ2v) is 5.51. The van der Waals surface area contributed by atoms with E-state index in [9.17, 15) is 13.2 Å². The van der Waals surface area contributed by atoms with Crippen molar-refractivity contribution in [1.82, 2.24) is 19.5 Å². The molecule has 0 unspecified atom stereocenters. The highest BCUT2D eigenvalue weighted by molar-refractivity contribution is 8.00. The van der Waals surface area contributed by atoms with E-state index in [0.717, 1.165) is 0 Å². The summed E-state index contributed by atoms with van der Waals surface area (Å²) in [6.45, 7) is 0.132. The zero-order chi connectivity index (χ0) is 15.5. The molecular weight excluding hydrogens is 329 g/mol. The summed E-state index contributed by atoms with van der Waals surface area (Å²) in [6, 6.07) is 0. The van der Waals surface area contributed by atoms with Gasteiger partial charge in [0.05, 0.1) is 7.11 Å². The van der Waals surface area contributed by atoms with E-state index in [-0.39, 0.29) is 29.9 Å². The van der Waals surface area contributed by atoms with Gasteiger partial charge >= 0.3 is 5.51 Å². The molecule has 0 saturated carbocycles. The van der Waals surface area contributed by atoms with Crippen molar-refractivity contribution in [3.05, 3.63) is 12.2 Å². The van der Waals surface area contributed by atoms with Crippen LogP contribution in [0.4, 0.5) is 13.2 Å². The summed E-state index contributed by atoms with van der Waals surface area (Å²) >= 11 is 5.63. The van der Waals surface area contributed by atoms with E-state index in [0.29, 0.717) is 29.3 Å². The van der Waals surface area contributed by atoms with Crippen LogP contribution in [0.25, 0.3) is 11.2 Å². The molecule has 5 nitrogen and oxygen atoms in total. The van der Waals surface area contributed by atoms with Gasteiger partial charge in [0.15, 0.2) is 11.2 Å². The Hall–Kier alpha value is -1.22. The van der Waals surface area contributed by atoms with Crippen LogP contribution in [0, 0.1) is 0 Å². The van der Waals surface area contributed by atoms with Crippen molar-refractivity contribution in [2.75, 3.05) is 18.7 Å². The van der Waals surface area contributed by atoms with Gasteiger partial charge in [-0.3, -0.25) is 0 Å². The number of nitrogens with zero attached hydrogens (tertiary/aromatic N) is 4. The molecule has 0 aliphatic heterocycles. The molecular formula is C11H12ClF3N4OS. The first-order valence-electron chi connectivity index (χ1n) is 5.97. The van der Waals surface area contributed by atoms with Crippen LogP contribution >= 0.6 is 23.4 Å². The standard InChI is InChI=1S/C11H12ClF3N4OS/c1-20-10-8-9(16-6-17-10)19(7(18-8)2-3-12)4-5-21-11(13,14)15/h6H,2-5H2,1H3. The fourth-order valence-electron chi connectivity index (χ4n) is 1.87. The molecule has 2 rings (SSSR count). The number of methoxy groups -OCH3 is 1. The van der Waals surface area contributed by atoms with Gasteiger partial charge < -0.3 is 9.30 Å². The summed E-state index contributed by atoms with van der Waals surface area (Å²) in [5.74, 6) is 1.04. The molecule has 0 aromatic carbocycles. The lowest BCUT2D eigenvalue weighted by Gasteiger charge is -2.09. The number of hydrogen-bond donors (Lipinski definition) is 0. The number of thioether (sulfide) groups is 1. The Morgan fingerprint density at radius 1 is 1.38 bits per heavy atom. The van der Waals surface area contributed by atoms with Crippen molar-refractivity contribution in [2.45, 2.75) is 18.5 Å². The number of aromatic nitrogens is 4. The molecule has 0 aliphatic rings. The number of halogens is 4. The Labute approximate surface area is 127 Å². The first kappa shape index (κ1) is 16.2. The van der Waals surface area contributed by atoms with Crippen LogP contribution < -0.4 is 4.74 Å². The Balaban J connectivity index is 2.33. The van der Waals surface area contributed by atoms with Gasteiger partial charge in [0.2, 0.25) is 5.88 Å². The summed E-state index contributed by atoms with van der Waals surface area (Å²) in [7, 11) is 1.45. The average molecular weight is 341 g/mol. The summed E-state index contributed by atoms with van der Waals surface area (Å²) in [5.41, 5.74) is -3.38. The van der Waals surface area contributed by atoms with Gasteiger partial charge in [-0.05, 0) is 11.8 Å². The number of fused-ring (bicyclic) bond motifs is 1. The highest BCUT2D eigenvalue weighted by atomic mass is 35.5. The molecule has 116 valence electrons. The van der Waals surface area contributed by atoms with Gasteiger partial charge in [-0.1, -0.05) is 0 Å². The van der Waals surface area contributed by atoms with Crippen molar-refractivity contribution in [3.8, 4) is 5.88 Å². The Morgan fingerprint density at radius 2 is 2.14 bits per heavy atom. The molecule has 2 aromatic rings. The summed E-state index contributed by atoms with van der Waals surface area (Å²) < 4.78 is 43.4. The number of hydrogen-bond acceptors (Lipinski definition) is 5. The van der Waals surface area contributed by atoms with Gasteiger partial charge in [-0.2, -0.15) is 18.2 Å². The molecule has 0 radical (unpaired) electrons. The molecule has 2 aromatic heterocycles. The van der Waals surface area contributed by atoms with Crippen LogP contribution in [0.2, 0.25) is 0 Å². The molecule has 0 N–H and O–H groups in total. The molecule has 0 amide bonds. The molecule has 0 aliphatic carbocycles. The fraction of sp³-hybridized carbons (Fsp3) is 0.545. The molecule has 0 saturated heterocycles. The summed E-state index contributed by atoms with van der Waals surface area (Å²) in [6.07, 6.45) is 1.72. The highest BCUT2D eigenvalue weighted by Crippen LogP contribution is 2.31. The zero-order valence-electron chi connectivity index (χ0n) is 11.0. The predicted octanol–water partition coefficient (Wildman–Crippen LogP) is 2.87. The van der Waals surface area contributed by atoms with Gasteiger partial charge in [0.1, 0.15) is 12.2 Å². The highest BCUT2D eigenvalue weighted by Gasteiger charge is 2.28. The number of rotatable bonds is 6. The third kappa shape index (κ3) is 3.91. The van der Waals surface area contributed by atoms with Crippen LogP contribution in [-0.2, 0) is 13.0 Å². The average Bonchev–Trinajstić information content (AvgIpc) is 2.76. The van der Waals surface area contributed by atoms with Gasteiger partial charge in [-0.25, -0.2) is 9.97 Å². The predicted molar refractivity (Wildman–Crippen MR) is 74.8 cm³/mol. The lowest BCUT2D eigenvalue weighted by molar-refractivity contribution is -0.0328. The summed E-state index contributed by atoms with van der Waals surface area (Å²) in [4.78, 5) is 12.3. The van der Waals surface area contributed by atoms with Crippen LogP contribution in [0.15, 0.2) is 6.33 Å². The third-order valence-electron chi connectivity index (χ3n) is 2.67. The minimum atomic E-state index is -4.25. The van der Waals surface area contributed by atoms with Gasteiger partial charge in [0, 0.05) is 24.6 Å². The molecule has 0 bridgehead atoms. The number of ether oxygens (including phenoxy) is 1. The van der Waals surface area contributed by atoms with Gasteiger partial charge in [0.25, 0.3) is 0 Å². The number of aryl methyl sites for hydroxylation is 2. The monoisotopic (exact) mass is 340 g/mol. The Bertz CT molecular complexity index is 619. The van der Waals surface area contributed by atoms with Crippen molar-refractivity contribution in [2.24, 2.45) is 0 Å². The van der Waals surface area contributed by atoms with Crippen LogP contribution in [0.5, 0.6) is 5.88 Å². The first-order chi connectivity index (χ1) is 9.96. The maximum absolute atomic E-state index is 12.2. The van der Waals surface area contributed by atoms with Crippen molar-refractivity contribution >= 4 is 34.5 Å². The maximum atomic E-state index is 12.2.